The van der Waals surface area contributed by atoms with Crippen molar-refractivity contribution in [2.45, 2.75) is 24.3 Å². The Kier molecular flexibility index (Phi) is 6.79. The van der Waals surface area contributed by atoms with E-state index in [9.17, 15) is 17.1 Å². The van der Waals surface area contributed by atoms with Crippen LogP contribution in [0.15, 0.2) is 65.6 Å². The maximum atomic E-state index is 14.1. The van der Waals surface area contributed by atoms with Crippen LogP contribution in [0.1, 0.15) is 28.2 Å². The zero-order chi connectivity index (χ0) is 25.3. The molecule has 36 heavy (non-hydrogen) atoms. The van der Waals surface area contributed by atoms with E-state index in [2.05, 4.69) is 27.7 Å². The molecule has 0 unspecified atom stereocenters. The Bertz CT molecular complexity index is 1360. The first-order valence-corrected chi connectivity index (χ1v) is 13.3. The molecule has 188 valence electrons. The summed E-state index contributed by atoms with van der Waals surface area (Å²) in [5.74, 6) is -0.105. The van der Waals surface area contributed by atoms with Crippen molar-refractivity contribution in [2.75, 3.05) is 38.1 Å². The number of hydrogen-bond acceptors (Lipinski definition) is 6. The van der Waals surface area contributed by atoms with Crippen molar-refractivity contribution < 1.29 is 21.8 Å². The molecule has 0 aromatic heterocycles. The van der Waals surface area contributed by atoms with Crippen LogP contribution >= 0.6 is 0 Å². The molecule has 2 N–H and O–H groups in total. The zero-order valence-corrected chi connectivity index (χ0v) is 20.8. The Morgan fingerprint density at radius 1 is 1.06 bits per heavy atom. The average molecular weight is 510 g/mol. The predicted octanol–water partition coefficient (Wildman–Crippen LogP) is 4.42. The number of hydrogen-bond donors (Lipinski definition) is 2. The van der Waals surface area contributed by atoms with Crippen molar-refractivity contribution in [3.63, 3.8) is 0 Å². The Hall–Kier alpha value is -3.27. The SMILES string of the molecule is Cc1c(CN2CCNCC2)cc(NC(=O)OCC2c3ccccc3-c3ccccc32)cc1S(=O)(=O)F. The highest BCUT2D eigenvalue weighted by Crippen LogP contribution is 2.44. The summed E-state index contributed by atoms with van der Waals surface area (Å²) in [6, 6.07) is 18.9. The van der Waals surface area contributed by atoms with Crippen molar-refractivity contribution in [1.29, 1.82) is 0 Å². The molecular formula is C27H28FN3O4S. The molecule has 1 aliphatic carbocycles. The third-order valence-electron chi connectivity index (χ3n) is 6.92. The number of carbonyl (C=O) groups excluding carboxylic acids is 1. The maximum absolute atomic E-state index is 14.1. The van der Waals surface area contributed by atoms with Gasteiger partial charge in [-0.15, -0.1) is 3.89 Å². The minimum atomic E-state index is -4.97. The molecule has 1 amide bonds. The fourth-order valence-electron chi connectivity index (χ4n) is 5.10. The summed E-state index contributed by atoms with van der Waals surface area (Å²) < 4.78 is 43.3. The Morgan fingerprint density at radius 3 is 2.28 bits per heavy atom. The van der Waals surface area contributed by atoms with Crippen LogP contribution in [-0.4, -0.2) is 52.2 Å². The van der Waals surface area contributed by atoms with Gasteiger partial charge in [0.2, 0.25) is 0 Å². The Labute approximate surface area is 210 Å². The van der Waals surface area contributed by atoms with Gasteiger partial charge in [-0.05, 0) is 52.4 Å². The van der Waals surface area contributed by atoms with Crippen molar-refractivity contribution >= 4 is 22.0 Å². The van der Waals surface area contributed by atoms with Crippen LogP contribution in [0.2, 0.25) is 0 Å². The van der Waals surface area contributed by atoms with E-state index < -0.39 is 21.2 Å². The lowest BCUT2D eigenvalue weighted by Gasteiger charge is -2.28. The predicted molar refractivity (Wildman–Crippen MR) is 136 cm³/mol. The van der Waals surface area contributed by atoms with Gasteiger partial charge in [-0.1, -0.05) is 48.5 Å². The van der Waals surface area contributed by atoms with Gasteiger partial charge in [-0.3, -0.25) is 10.2 Å². The summed E-state index contributed by atoms with van der Waals surface area (Å²) in [4.78, 5) is 14.5. The minimum absolute atomic E-state index is 0.105. The number of piperazine rings is 1. The largest absolute Gasteiger partial charge is 0.448 e. The Balaban J connectivity index is 1.34. The van der Waals surface area contributed by atoms with Gasteiger partial charge in [0.05, 0.1) is 0 Å². The second-order valence-corrected chi connectivity index (χ2v) is 10.5. The molecule has 1 fully saturated rings. The van der Waals surface area contributed by atoms with Crippen LogP contribution in [0, 0.1) is 6.92 Å². The zero-order valence-electron chi connectivity index (χ0n) is 20.0. The lowest BCUT2D eigenvalue weighted by Crippen LogP contribution is -2.43. The number of rotatable bonds is 6. The molecule has 1 aliphatic heterocycles. The lowest BCUT2D eigenvalue weighted by atomic mass is 9.98. The smallest absolute Gasteiger partial charge is 0.411 e. The summed E-state index contributed by atoms with van der Waals surface area (Å²) in [6.45, 7) is 5.39. The van der Waals surface area contributed by atoms with Crippen molar-refractivity contribution in [2.24, 2.45) is 0 Å². The van der Waals surface area contributed by atoms with Crippen LogP contribution in [0.5, 0.6) is 0 Å². The summed E-state index contributed by atoms with van der Waals surface area (Å²) in [6.07, 6.45) is -0.726. The number of carbonyl (C=O) groups is 1. The van der Waals surface area contributed by atoms with Crippen LogP contribution in [0.25, 0.3) is 11.1 Å². The normalized spacial score (nSPS) is 15.8. The van der Waals surface area contributed by atoms with Crippen molar-refractivity contribution in [1.82, 2.24) is 10.2 Å². The maximum Gasteiger partial charge on any atom is 0.411 e. The van der Waals surface area contributed by atoms with E-state index in [-0.39, 0.29) is 18.2 Å². The highest BCUT2D eigenvalue weighted by Gasteiger charge is 2.29. The molecule has 3 aromatic carbocycles. The molecule has 3 aromatic rings. The third-order valence-corrected chi connectivity index (χ3v) is 7.87. The van der Waals surface area contributed by atoms with Gasteiger partial charge >= 0.3 is 16.3 Å². The van der Waals surface area contributed by atoms with Crippen LogP contribution in [-0.2, 0) is 21.5 Å². The van der Waals surface area contributed by atoms with E-state index in [1.54, 1.807) is 13.0 Å². The molecule has 7 nitrogen and oxygen atoms in total. The number of benzene rings is 3. The van der Waals surface area contributed by atoms with Gasteiger partial charge in [0, 0.05) is 44.3 Å². The van der Waals surface area contributed by atoms with Gasteiger partial charge in [-0.2, -0.15) is 8.42 Å². The molecule has 2 aliphatic rings. The van der Waals surface area contributed by atoms with Gasteiger partial charge in [0.1, 0.15) is 11.5 Å². The Morgan fingerprint density at radius 2 is 1.67 bits per heavy atom. The minimum Gasteiger partial charge on any atom is -0.448 e. The quantitative estimate of drug-likeness (QED) is 0.479. The van der Waals surface area contributed by atoms with Gasteiger partial charge in [0.25, 0.3) is 0 Å². The number of nitrogens with zero attached hydrogens (tertiary/aromatic N) is 1. The molecule has 0 saturated carbocycles. The molecule has 0 bridgehead atoms. The monoisotopic (exact) mass is 509 g/mol. The first-order valence-electron chi connectivity index (χ1n) is 11.9. The molecule has 0 spiro atoms. The number of fused-ring (bicyclic) bond motifs is 3. The number of halogens is 1. The van der Waals surface area contributed by atoms with Crippen LogP contribution < -0.4 is 10.6 Å². The van der Waals surface area contributed by atoms with Crippen LogP contribution in [0.4, 0.5) is 14.4 Å². The van der Waals surface area contributed by atoms with Gasteiger partial charge in [0.15, 0.2) is 0 Å². The van der Waals surface area contributed by atoms with Crippen LogP contribution in [0.3, 0.4) is 0 Å². The number of nitrogens with one attached hydrogen (secondary N) is 2. The van der Waals surface area contributed by atoms with E-state index in [4.69, 9.17) is 4.74 Å². The second kappa shape index (κ2) is 10.0. The summed E-state index contributed by atoms with van der Waals surface area (Å²) in [5.41, 5.74) is 5.58. The molecule has 0 radical (unpaired) electrons. The van der Waals surface area contributed by atoms with E-state index in [0.717, 1.165) is 54.5 Å². The lowest BCUT2D eigenvalue weighted by molar-refractivity contribution is 0.158. The van der Waals surface area contributed by atoms with E-state index >= 15 is 0 Å². The van der Waals surface area contributed by atoms with E-state index in [1.165, 1.54) is 0 Å². The third kappa shape index (κ3) is 5.00. The highest BCUT2D eigenvalue weighted by molar-refractivity contribution is 7.86. The molecule has 0 atom stereocenters. The first kappa shape index (κ1) is 24.4. The molecule has 1 saturated heterocycles. The number of anilines is 1. The number of ether oxygens (including phenoxy) is 1. The fraction of sp³-hybridized carbons (Fsp3) is 0.296. The van der Waals surface area contributed by atoms with E-state index in [0.29, 0.717) is 17.7 Å². The first-order chi connectivity index (χ1) is 17.3. The molecular weight excluding hydrogens is 481 g/mol. The van der Waals surface area contributed by atoms with Gasteiger partial charge < -0.3 is 10.1 Å². The highest BCUT2D eigenvalue weighted by atomic mass is 32.3. The standard InChI is InChI=1S/C27H28FN3O4S/c1-18-19(16-31-12-10-29-11-13-31)14-20(15-26(18)36(28,33)34)30-27(32)35-17-25-23-8-4-2-6-21(23)22-7-3-5-9-24(22)25/h2-9,14-15,25,29H,10-13,16-17H2,1H3,(H,30,32). The fourth-order valence-corrected chi connectivity index (χ4v) is 5.86. The summed E-state index contributed by atoms with van der Waals surface area (Å²) in [5, 5.41) is 5.87. The van der Waals surface area contributed by atoms with Crippen molar-refractivity contribution in [3.05, 3.63) is 82.9 Å². The average Bonchev–Trinajstić information content (AvgIpc) is 3.18. The number of amides is 1. The summed E-state index contributed by atoms with van der Waals surface area (Å²) >= 11 is 0. The van der Waals surface area contributed by atoms with Crippen molar-refractivity contribution in [3.8, 4) is 11.1 Å². The molecule has 1 heterocycles. The molecule has 9 heteroatoms. The summed E-state index contributed by atoms with van der Waals surface area (Å²) in [7, 11) is -4.97. The topological polar surface area (TPSA) is 87.7 Å². The molecule has 5 rings (SSSR count). The second-order valence-electron chi connectivity index (χ2n) is 9.17. The van der Waals surface area contributed by atoms with Gasteiger partial charge in [-0.25, -0.2) is 4.79 Å². The van der Waals surface area contributed by atoms with E-state index in [1.807, 2.05) is 36.4 Å².